The van der Waals surface area contributed by atoms with E-state index in [1.807, 2.05) is 32.5 Å². The van der Waals surface area contributed by atoms with Gasteiger partial charge in [0.25, 0.3) is 5.91 Å². The fraction of sp³-hybridized carbons (Fsp3) is 0.294. The molecule has 0 spiro atoms. The normalized spacial score (nSPS) is 17.9. The van der Waals surface area contributed by atoms with Crippen LogP contribution in [0.15, 0.2) is 53.1 Å². The second kappa shape index (κ2) is 6.37. The molecule has 4 rings (SSSR count). The molecule has 0 bridgehead atoms. The highest BCUT2D eigenvalue weighted by Crippen LogP contribution is 2.27. The summed E-state index contributed by atoms with van der Waals surface area (Å²) in [6.07, 6.45) is 4.60. The third-order valence-corrected chi connectivity index (χ3v) is 6.30. The number of benzene rings is 1. The smallest absolute Gasteiger partial charge is 0.271 e. The molecule has 0 saturated carbocycles. The number of rotatable bonds is 4. The molecule has 2 aromatic heterocycles. The zero-order valence-corrected chi connectivity index (χ0v) is 14.2. The highest BCUT2D eigenvalue weighted by Gasteiger charge is 2.28. The summed E-state index contributed by atoms with van der Waals surface area (Å²) < 4.78 is 1.89. The first kappa shape index (κ1) is 14.8. The van der Waals surface area contributed by atoms with Crippen LogP contribution in [0.1, 0.15) is 16.9 Å². The van der Waals surface area contributed by atoms with E-state index >= 15 is 0 Å². The summed E-state index contributed by atoms with van der Waals surface area (Å²) in [6.45, 7) is 1.70. The standard InChI is InChI=1S/C17H17N3OS2/c21-17(15-11-23-16-8-18-12-20(15)16)19-7-6-13(9-19)10-22-14-4-2-1-3-5-14/h1-5,8,11-13H,6-7,9-10H2. The van der Waals surface area contributed by atoms with Gasteiger partial charge in [0, 0.05) is 29.1 Å². The first-order chi connectivity index (χ1) is 11.3. The number of thioether (sulfide) groups is 1. The largest absolute Gasteiger partial charge is 0.337 e. The fourth-order valence-corrected chi connectivity index (χ4v) is 4.80. The molecule has 1 amide bonds. The Labute approximate surface area is 143 Å². The molecule has 0 radical (unpaired) electrons. The Kier molecular flexibility index (Phi) is 4.10. The van der Waals surface area contributed by atoms with Crippen molar-refractivity contribution in [3.05, 3.63) is 53.9 Å². The van der Waals surface area contributed by atoms with Gasteiger partial charge < -0.3 is 4.90 Å². The Hall–Kier alpha value is -1.79. The van der Waals surface area contributed by atoms with Crippen molar-refractivity contribution in [1.29, 1.82) is 0 Å². The SMILES string of the molecule is O=C(c1csc2cncn12)N1CCC(CSc2ccccc2)C1. The summed E-state index contributed by atoms with van der Waals surface area (Å²) in [7, 11) is 0. The lowest BCUT2D eigenvalue weighted by atomic mass is 10.2. The molecule has 1 aliphatic heterocycles. The van der Waals surface area contributed by atoms with Gasteiger partial charge in [-0.1, -0.05) is 18.2 Å². The van der Waals surface area contributed by atoms with Crippen molar-refractivity contribution in [2.24, 2.45) is 5.92 Å². The third kappa shape index (κ3) is 3.01. The summed E-state index contributed by atoms with van der Waals surface area (Å²) >= 11 is 3.45. The number of aromatic nitrogens is 2. The second-order valence-corrected chi connectivity index (χ2v) is 7.74. The molecule has 4 nitrogen and oxygen atoms in total. The number of hydrogen-bond acceptors (Lipinski definition) is 4. The van der Waals surface area contributed by atoms with Gasteiger partial charge in [0.15, 0.2) is 0 Å². The summed E-state index contributed by atoms with van der Waals surface area (Å²) in [5.74, 6) is 1.76. The van der Waals surface area contributed by atoms with Crippen LogP contribution in [0, 0.1) is 5.92 Å². The number of carbonyl (C=O) groups excluding carboxylic acids is 1. The maximum Gasteiger partial charge on any atom is 0.271 e. The number of amides is 1. The Morgan fingerprint density at radius 1 is 1.35 bits per heavy atom. The van der Waals surface area contributed by atoms with E-state index < -0.39 is 0 Å². The topological polar surface area (TPSA) is 37.6 Å². The maximum absolute atomic E-state index is 12.7. The Morgan fingerprint density at radius 3 is 3.09 bits per heavy atom. The molecule has 1 aromatic carbocycles. The van der Waals surface area contributed by atoms with Crippen molar-refractivity contribution < 1.29 is 4.79 Å². The molecule has 3 aromatic rings. The molecule has 1 unspecified atom stereocenters. The summed E-state index contributed by atoms with van der Waals surface area (Å²) in [5.41, 5.74) is 0.735. The first-order valence-electron chi connectivity index (χ1n) is 7.68. The molecule has 6 heteroatoms. The minimum absolute atomic E-state index is 0.126. The van der Waals surface area contributed by atoms with E-state index in [9.17, 15) is 4.79 Å². The molecular formula is C17H17N3OS2. The average molecular weight is 343 g/mol. The van der Waals surface area contributed by atoms with Crippen molar-refractivity contribution in [3.8, 4) is 0 Å². The van der Waals surface area contributed by atoms with Gasteiger partial charge in [-0.3, -0.25) is 9.20 Å². The van der Waals surface area contributed by atoms with Crippen molar-refractivity contribution >= 4 is 33.8 Å². The second-order valence-electron chi connectivity index (χ2n) is 5.75. The van der Waals surface area contributed by atoms with Crippen LogP contribution < -0.4 is 0 Å². The van der Waals surface area contributed by atoms with Crippen LogP contribution in [0.2, 0.25) is 0 Å². The highest BCUT2D eigenvalue weighted by atomic mass is 32.2. The highest BCUT2D eigenvalue weighted by molar-refractivity contribution is 7.99. The average Bonchev–Trinajstić information content (AvgIpc) is 3.29. The van der Waals surface area contributed by atoms with Gasteiger partial charge in [-0.15, -0.1) is 23.1 Å². The number of imidazole rings is 1. The number of nitrogens with zero attached hydrogens (tertiary/aromatic N) is 3. The van der Waals surface area contributed by atoms with Crippen LogP contribution in [-0.4, -0.2) is 39.0 Å². The molecule has 1 saturated heterocycles. The quantitative estimate of drug-likeness (QED) is 0.679. The molecule has 0 aliphatic carbocycles. The van der Waals surface area contributed by atoms with E-state index in [2.05, 4.69) is 29.2 Å². The summed E-state index contributed by atoms with van der Waals surface area (Å²) in [6, 6.07) is 10.5. The molecule has 0 N–H and O–H groups in total. The van der Waals surface area contributed by atoms with E-state index in [0.717, 1.165) is 35.8 Å². The van der Waals surface area contributed by atoms with Crippen LogP contribution in [0.5, 0.6) is 0 Å². The predicted molar refractivity (Wildman–Crippen MR) is 94.2 cm³/mol. The predicted octanol–water partition coefficient (Wildman–Crippen LogP) is 3.65. The molecule has 1 atom stereocenters. The zero-order valence-electron chi connectivity index (χ0n) is 12.6. The summed E-state index contributed by atoms with van der Waals surface area (Å²) in [5, 5.41) is 1.94. The molecular weight excluding hydrogens is 326 g/mol. The fourth-order valence-electron chi connectivity index (χ4n) is 2.92. The van der Waals surface area contributed by atoms with Gasteiger partial charge in [0.1, 0.15) is 16.9 Å². The Balaban J connectivity index is 1.38. The monoisotopic (exact) mass is 343 g/mol. The number of carbonyl (C=O) groups is 1. The number of likely N-dealkylation sites (tertiary alicyclic amines) is 1. The van der Waals surface area contributed by atoms with Gasteiger partial charge in [0.05, 0.1) is 6.20 Å². The number of thiazole rings is 1. The van der Waals surface area contributed by atoms with Crippen LogP contribution in [-0.2, 0) is 0 Å². The van der Waals surface area contributed by atoms with Gasteiger partial charge >= 0.3 is 0 Å². The molecule has 1 aliphatic rings. The minimum Gasteiger partial charge on any atom is -0.337 e. The minimum atomic E-state index is 0.126. The third-order valence-electron chi connectivity index (χ3n) is 4.18. The van der Waals surface area contributed by atoms with Crippen LogP contribution in [0.4, 0.5) is 0 Å². The zero-order chi connectivity index (χ0) is 15.6. The molecule has 1 fully saturated rings. The van der Waals surface area contributed by atoms with E-state index in [4.69, 9.17) is 0 Å². The maximum atomic E-state index is 12.7. The lowest BCUT2D eigenvalue weighted by molar-refractivity contribution is 0.0782. The van der Waals surface area contributed by atoms with Crippen LogP contribution >= 0.6 is 23.1 Å². The van der Waals surface area contributed by atoms with Crippen molar-refractivity contribution in [1.82, 2.24) is 14.3 Å². The first-order valence-corrected chi connectivity index (χ1v) is 9.54. The summed E-state index contributed by atoms with van der Waals surface area (Å²) in [4.78, 5) is 21.1. The number of hydrogen-bond donors (Lipinski definition) is 0. The Bertz CT molecular complexity index is 811. The molecule has 3 heterocycles. The van der Waals surface area contributed by atoms with Crippen LogP contribution in [0.3, 0.4) is 0 Å². The lowest BCUT2D eigenvalue weighted by Gasteiger charge is -2.16. The van der Waals surface area contributed by atoms with E-state index in [1.165, 1.54) is 4.90 Å². The van der Waals surface area contributed by atoms with E-state index in [-0.39, 0.29) is 5.91 Å². The van der Waals surface area contributed by atoms with Crippen LogP contribution in [0.25, 0.3) is 4.83 Å². The van der Waals surface area contributed by atoms with Gasteiger partial charge in [-0.05, 0) is 24.5 Å². The Morgan fingerprint density at radius 2 is 2.22 bits per heavy atom. The van der Waals surface area contributed by atoms with Crippen molar-refractivity contribution in [2.45, 2.75) is 11.3 Å². The van der Waals surface area contributed by atoms with E-state index in [0.29, 0.717) is 5.92 Å². The van der Waals surface area contributed by atoms with Gasteiger partial charge in [0.2, 0.25) is 0 Å². The van der Waals surface area contributed by atoms with Crippen molar-refractivity contribution in [3.63, 3.8) is 0 Å². The van der Waals surface area contributed by atoms with E-state index in [1.54, 1.807) is 23.9 Å². The van der Waals surface area contributed by atoms with Crippen molar-refractivity contribution in [2.75, 3.05) is 18.8 Å². The number of fused-ring (bicyclic) bond motifs is 1. The lowest BCUT2D eigenvalue weighted by Crippen LogP contribution is -2.29. The molecule has 118 valence electrons. The van der Waals surface area contributed by atoms with Gasteiger partial charge in [-0.25, -0.2) is 4.98 Å². The molecule has 23 heavy (non-hydrogen) atoms. The van der Waals surface area contributed by atoms with Gasteiger partial charge in [-0.2, -0.15) is 0 Å².